The Hall–Kier alpha value is -3.35. The van der Waals surface area contributed by atoms with E-state index < -0.39 is 0 Å². The quantitative estimate of drug-likeness (QED) is 0.800. The van der Waals surface area contributed by atoms with Crippen LogP contribution in [0.3, 0.4) is 0 Å². The molecule has 0 aliphatic carbocycles. The average molecular weight is 309 g/mol. The Balaban J connectivity index is 1.52. The molecule has 0 fully saturated rings. The van der Waals surface area contributed by atoms with Crippen LogP contribution in [0.15, 0.2) is 53.3 Å². The second-order valence-electron chi connectivity index (χ2n) is 4.84. The zero-order valence-corrected chi connectivity index (χ0v) is 11.9. The number of benzene rings is 1. The van der Waals surface area contributed by atoms with Crippen molar-refractivity contribution >= 4 is 11.6 Å². The van der Waals surface area contributed by atoms with Crippen molar-refractivity contribution in [2.45, 2.75) is 0 Å². The number of nitrogens with one attached hydrogen (secondary N) is 1. The molecule has 1 aliphatic rings. The molecule has 1 aromatic carbocycles. The van der Waals surface area contributed by atoms with Gasteiger partial charge in [-0.25, -0.2) is 0 Å². The fourth-order valence-corrected chi connectivity index (χ4v) is 2.20. The third-order valence-corrected chi connectivity index (χ3v) is 3.32. The summed E-state index contributed by atoms with van der Waals surface area (Å²) in [6, 6.07) is 10.3. The number of nitrogens with zero attached hydrogens (tertiary/aromatic N) is 2. The molecule has 3 aromatic rings. The highest BCUT2D eigenvalue weighted by molar-refractivity contribution is 6.03. The number of hydrogen-bond acceptors (Lipinski definition) is 6. The Morgan fingerprint density at radius 3 is 2.91 bits per heavy atom. The fraction of sp³-hybridized carbons (Fsp3) is 0.0625. The molecule has 2 aromatic heterocycles. The van der Waals surface area contributed by atoms with E-state index in [1.807, 2.05) is 6.07 Å². The van der Waals surface area contributed by atoms with Crippen LogP contribution in [-0.4, -0.2) is 22.8 Å². The van der Waals surface area contributed by atoms with E-state index >= 15 is 0 Å². The standard InChI is InChI=1S/C16H11N3O4/c20-16(18-11-3-4-13-15(6-11)22-9-21-13)12-7-14(23-19-12)10-2-1-5-17-8-10/h1-8H,9H2,(H,18,20). The fourth-order valence-electron chi connectivity index (χ4n) is 2.20. The van der Waals surface area contributed by atoms with E-state index in [-0.39, 0.29) is 18.4 Å². The normalized spacial score (nSPS) is 12.2. The van der Waals surface area contributed by atoms with E-state index in [2.05, 4.69) is 15.5 Å². The summed E-state index contributed by atoms with van der Waals surface area (Å²) in [7, 11) is 0. The lowest BCUT2D eigenvalue weighted by atomic mass is 10.2. The van der Waals surface area contributed by atoms with Crippen LogP contribution in [0.25, 0.3) is 11.3 Å². The molecule has 1 amide bonds. The number of anilines is 1. The minimum Gasteiger partial charge on any atom is -0.454 e. The van der Waals surface area contributed by atoms with E-state index in [9.17, 15) is 4.79 Å². The highest BCUT2D eigenvalue weighted by atomic mass is 16.7. The molecule has 1 N–H and O–H groups in total. The predicted molar refractivity (Wildman–Crippen MR) is 80.3 cm³/mol. The molecule has 0 atom stereocenters. The van der Waals surface area contributed by atoms with Gasteiger partial charge < -0.3 is 19.3 Å². The number of aromatic nitrogens is 2. The second kappa shape index (κ2) is 5.45. The van der Waals surface area contributed by atoms with Gasteiger partial charge in [0.25, 0.3) is 5.91 Å². The van der Waals surface area contributed by atoms with Gasteiger partial charge in [-0.05, 0) is 24.3 Å². The molecule has 0 spiro atoms. The Kier molecular flexibility index (Phi) is 3.16. The molecule has 0 radical (unpaired) electrons. The van der Waals surface area contributed by atoms with Crippen LogP contribution in [0.1, 0.15) is 10.5 Å². The zero-order chi connectivity index (χ0) is 15.6. The van der Waals surface area contributed by atoms with Gasteiger partial charge in [-0.3, -0.25) is 9.78 Å². The summed E-state index contributed by atoms with van der Waals surface area (Å²) in [6.45, 7) is 0.185. The number of carbonyl (C=O) groups is 1. The van der Waals surface area contributed by atoms with E-state index in [0.717, 1.165) is 5.56 Å². The maximum atomic E-state index is 12.2. The number of amides is 1. The minimum absolute atomic E-state index is 0.182. The van der Waals surface area contributed by atoms with Crippen LogP contribution >= 0.6 is 0 Å². The van der Waals surface area contributed by atoms with Crippen LogP contribution in [0.4, 0.5) is 5.69 Å². The average Bonchev–Trinajstić information content (AvgIpc) is 3.24. The van der Waals surface area contributed by atoms with Crippen molar-refractivity contribution in [1.29, 1.82) is 0 Å². The Labute approximate surface area is 130 Å². The lowest BCUT2D eigenvalue weighted by Crippen LogP contribution is -2.12. The van der Waals surface area contributed by atoms with Gasteiger partial charge in [0.1, 0.15) is 0 Å². The lowest BCUT2D eigenvalue weighted by molar-refractivity contribution is 0.101. The number of fused-ring (bicyclic) bond motifs is 1. The summed E-state index contributed by atoms with van der Waals surface area (Å²) >= 11 is 0. The molecule has 7 heteroatoms. The number of hydrogen-bond donors (Lipinski definition) is 1. The Morgan fingerprint density at radius 2 is 2.04 bits per heavy atom. The first kappa shape index (κ1) is 13.3. The van der Waals surface area contributed by atoms with Crippen molar-refractivity contribution in [3.8, 4) is 22.8 Å². The molecule has 3 heterocycles. The largest absolute Gasteiger partial charge is 0.454 e. The molecule has 0 saturated carbocycles. The highest BCUT2D eigenvalue weighted by Gasteiger charge is 2.17. The number of ether oxygens (including phenoxy) is 2. The van der Waals surface area contributed by atoms with Gasteiger partial charge in [0, 0.05) is 35.8 Å². The van der Waals surface area contributed by atoms with Crippen molar-refractivity contribution in [2.75, 3.05) is 12.1 Å². The van der Waals surface area contributed by atoms with Gasteiger partial charge in [-0.1, -0.05) is 5.16 Å². The Bertz CT molecular complexity index is 861. The Morgan fingerprint density at radius 1 is 1.13 bits per heavy atom. The molecule has 7 nitrogen and oxygen atoms in total. The SMILES string of the molecule is O=C(Nc1ccc2c(c1)OCO2)c1cc(-c2cccnc2)on1. The summed E-state index contributed by atoms with van der Waals surface area (Å²) in [5.41, 5.74) is 1.52. The van der Waals surface area contributed by atoms with E-state index in [0.29, 0.717) is 22.9 Å². The van der Waals surface area contributed by atoms with Gasteiger partial charge in [-0.2, -0.15) is 0 Å². The summed E-state index contributed by atoms with van der Waals surface area (Å²) in [5.74, 6) is 1.36. The van der Waals surface area contributed by atoms with Crippen molar-refractivity contribution in [3.63, 3.8) is 0 Å². The molecule has 0 bridgehead atoms. The van der Waals surface area contributed by atoms with Crippen LogP contribution in [-0.2, 0) is 0 Å². The summed E-state index contributed by atoms with van der Waals surface area (Å²) in [4.78, 5) is 16.2. The first-order valence-electron chi connectivity index (χ1n) is 6.88. The van der Waals surface area contributed by atoms with Crippen molar-refractivity contribution in [3.05, 3.63) is 54.5 Å². The van der Waals surface area contributed by atoms with Crippen molar-refractivity contribution in [2.24, 2.45) is 0 Å². The third-order valence-electron chi connectivity index (χ3n) is 3.32. The summed E-state index contributed by atoms with van der Waals surface area (Å²) < 4.78 is 15.7. The first-order valence-corrected chi connectivity index (χ1v) is 6.88. The molecule has 114 valence electrons. The smallest absolute Gasteiger partial charge is 0.277 e. The molecule has 0 unspecified atom stereocenters. The predicted octanol–water partition coefficient (Wildman–Crippen LogP) is 2.72. The third kappa shape index (κ3) is 2.59. The number of pyridine rings is 1. The van der Waals surface area contributed by atoms with Crippen LogP contribution in [0.5, 0.6) is 11.5 Å². The number of carbonyl (C=O) groups excluding carboxylic acids is 1. The van der Waals surface area contributed by atoms with Crippen LogP contribution < -0.4 is 14.8 Å². The first-order chi connectivity index (χ1) is 11.3. The summed E-state index contributed by atoms with van der Waals surface area (Å²) in [5, 5.41) is 6.53. The van der Waals surface area contributed by atoms with E-state index in [1.54, 1.807) is 42.7 Å². The van der Waals surface area contributed by atoms with Gasteiger partial charge in [-0.15, -0.1) is 0 Å². The van der Waals surface area contributed by atoms with Gasteiger partial charge in [0.15, 0.2) is 23.0 Å². The molecule has 23 heavy (non-hydrogen) atoms. The highest BCUT2D eigenvalue weighted by Crippen LogP contribution is 2.34. The second-order valence-corrected chi connectivity index (χ2v) is 4.84. The van der Waals surface area contributed by atoms with Gasteiger partial charge in [0.2, 0.25) is 6.79 Å². The maximum absolute atomic E-state index is 12.2. The molecule has 4 rings (SSSR count). The molecular formula is C16H11N3O4. The van der Waals surface area contributed by atoms with E-state index in [1.165, 1.54) is 0 Å². The van der Waals surface area contributed by atoms with Crippen molar-refractivity contribution in [1.82, 2.24) is 10.1 Å². The zero-order valence-electron chi connectivity index (χ0n) is 11.9. The lowest BCUT2D eigenvalue weighted by Gasteiger charge is -2.03. The van der Waals surface area contributed by atoms with Crippen LogP contribution in [0, 0.1) is 0 Å². The van der Waals surface area contributed by atoms with Gasteiger partial charge in [0.05, 0.1) is 0 Å². The minimum atomic E-state index is -0.372. The van der Waals surface area contributed by atoms with E-state index in [4.69, 9.17) is 14.0 Å². The molecule has 0 saturated heterocycles. The topological polar surface area (TPSA) is 86.5 Å². The maximum Gasteiger partial charge on any atom is 0.277 e. The van der Waals surface area contributed by atoms with Crippen LogP contribution in [0.2, 0.25) is 0 Å². The molecular weight excluding hydrogens is 298 g/mol. The van der Waals surface area contributed by atoms with Crippen molar-refractivity contribution < 1.29 is 18.8 Å². The summed E-state index contributed by atoms with van der Waals surface area (Å²) in [6.07, 6.45) is 3.30. The molecule has 1 aliphatic heterocycles. The van der Waals surface area contributed by atoms with Gasteiger partial charge >= 0.3 is 0 Å². The monoisotopic (exact) mass is 309 g/mol. The number of rotatable bonds is 3.